The number of aryl methyl sites for hydroxylation is 2. The molecule has 2 aromatic heterocycles. The molecule has 7 heteroatoms. The molecule has 1 amide bonds. The van der Waals surface area contributed by atoms with Crippen LogP contribution in [0.25, 0.3) is 10.2 Å². The molecule has 1 saturated heterocycles. The molecule has 1 aliphatic rings. The Morgan fingerprint density at radius 1 is 1.48 bits per heavy atom. The van der Waals surface area contributed by atoms with Crippen molar-refractivity contribution in [3.63, 3.8) is 0 Å². The average Bonchev–Trinajstić information content (AvgIpc) is 3.07. The molecule has 2 aromatic rings. The average molecular weight is 307 g/mol. The van der Waals surface area contributed by atoms with Gasteiger partial charge in [0.15, 0.2) is 0 Å². The summed E-state index contributed by atoms with van der Waals surface area (Å²) in [4.78, 5) is 27.2. The molecule has 0 radical (unpaired) electrons. The maximum Gasteiger partial charge on any atom is 0.329 e. The Bertz CT molecular complexity index is 714. The monoisotopic (exact) mass is 307 g/mol. The van der Waals surface area contributed by atoms with Crippen LogP contribution >= 0.6 is 11.3 Å². The van der Waals surface area contributed by atoms with Crippen LogP contribution in [0.1, 0.15) is 35.1 Å². The standard InChI is InChI=1S/C14H17N3O3S/c1-8-9-7-10(21-12(9)16(3)15-8)11(18)17-6-4-5-14(17,2)13(19)20/h7H,4-6H2,1-3H3,(H,19,20). The SMILES string of the molecule is Cc1nn(C)c2sc(C(=O)N3CCCC3(C)C(=O)O)cc12. The van der Waals surface area contributed by atoms with Gasteiger partial charge in [-0.05, 0) is 32.8 Å². The van der Waals surface area contributed by atoms with Gasteiger partial charge in [-0.25, -0.2) is 4.79 Å². The van der Waals surface area contributed by atoms with Crippen molar-refractivity contribution in [1.82, 2.24) is 14.7 Å². The second-order valence-electron chi connectivity index (χ2n) is 5.68. The summed E-state index contributed by atoms with van der Waals surface area (Å²) >= 11 is 1.37. The van der Waals surface area contributed by atoms with Crippen LogP contribution in [0.15, 0.2) is 6.07 Å². The molecule has 1 unspecified atom stereocenters. The lowest BCUT2D eigenvalue weighted by molar-refractivity contribution is -0.147. The highest BCUT2D eigenvalue weighted by Crippen LogP contribution is 2.34. The van der Waals surface area contributed by atoms with Crippen molar-refractivity contribution in [2.45, 2.75) is 32.2 Å². The molecular formula is C14H17N3O3S. The number of rotatable bonds is 2. The molecule has 112 valence electrons. The third-order valence-corrected chi connectivity index (χ3v) is 5.44. The highest BCUT2D eigenvalue weighted by Gasteiger charge is 2.46. The lowest BCUT2D eigenvalue weighted by Crippen LogP contribution is -2.50. The summed E-state index contributed by atoms with van der Waals surface area (Å²) < 4.78 is 1.76. The molecule has 6 nitrogen and oxygen atoms in total. The fourth-order valence-electron chi connectivity index (χ4n) is 2.95. The second-order valence-corrected chi connectivity index (χ2v) is 6.71. The number of carbonyl (C=O) groups excluding carboxylic acids is 1. The van der Waals surface area contributed by atoms with Crippen molar-refractivity contribution in [1.29, 1.82) is 0 Å². The predicted molar refractivity (Wildman–Crippen MR) is 79.6 cm³/mol. The number of aromatic nitrogens is 2. The fourth-order valence-corrected chi connectivity index (χ4v) is 4.03. The Morgan fingerprint density at radius 2 is 2.19 bits per heavy atom. The summed E-state index contributed by atoms with van der Waals surface area (Å²) in [6.07, 6.45) is 1.22. The zero-order valence-electron chi connectivity index (χ0n) is 12.2. The van der Waals surface area contributed by atoms with Gasteiger partial charge in [0.1, 0.15) is 10.4 Å². The van der Waals surface area contributed by atoms with Gasteiger partial charge in [-0.2, -0.15) is 5.10 Å². The molecule has 0 aliphatic carbocycles. The van der Waals surface area contributed by atoms with E-state index in [0.29, 0.717) is 17.8 Å². The first-order valence-corrected chi connectivity index (χ1v) is 7.65. The van der Waals surface area contributed by atoms with E-state index in [-0.39, 0.29) is 5.91 Å². The molecular weight excluding hydrogens is 290 g/mol. The third-order valence-electron chi connectivity index (χ3n) is 4.25. The first-order valence-electron chi connectivity index (χ1n) is 6.83. The van der Waals surface area contributed by atoms with E-state index in [2.05, 4.69) is 5.10 Å². The van der Waals surface area contributed by atoms with Crippen molar-refractivity contribution in [2.24, 2.45) is 7.05 Å². The maximum absolute atomic E-state index is 12.7. The Hall–Kier alpha value is -1.89. The Morgan fingerprint density at radius 3 is 2.81 bits per heavy atom. The molecule has 3 heterocycles. The Balaban J connectivity index is 2.00. The molecule has 1 fully saturated rings. The van der Waals surface area contributed by atoms with Gasteiger partial charge in [0.25, 0.3) is 5.91 Å². The Labute approximate surface area is 126 Å². The molecule has 1 N–H and O–H groups in total. The summed E-state index contributed by atoms with van der Waals surface area (Å²) in [5.74, 6) is -1.13. The van der Waals surface area contributed by atoms with E-state index in [1.807, 2.05) is 20.0 Å². The van der Waals surface area contributed by atoms with Crippen LogP contribution in [-0.4, -0.2) is 43.7 Å². The van der Waals surface area contributed by atoms with E-state index in [1.54, 1.807) is 11.6 Å². The number of fused-ring (bicyclic) bond motifs is 1. The van der Waals surface area contributed by atoms with Crippen LogP contribution in [0.4, 0.5) is 0 Å². The predicted octanol–water partition coefficient (Wildman–Crippen LogP) is 2.02. The number of carboxylic acid groups (broad SMARTS) is 1. The Kier molecular flexibility index (Phi) is 3.05. The summed E-state index contributed by atoms with van der Waals surface area (Å²) in [5.41, 5.74) is -0.217. The van der Waals surface area contributed by atoms with Crippen LogP contribution in [0.5, 0.6) is 0 Å². The van der Waals surface area contributed by atoms with Crippen LogP contribution in [0, 0.1) is 6.92 Å². The molecule has 3 rings (SSSR count). The van der Waals surface area contributed by atoms with Crippen molar-refractivity contribution in [2.75, 3.05) is 6.54 Å². The van der Waals surface area contributed by atoms with Gasteiger partial charge in [-0.1, -0.05) is 0 Å². The number of carboxylic acids is 1. The van der Waals surface area contributed by atoms with E-state index in [4.69, 9.17) is 0 Å². The summed E-state index contributed by atoms with van der Waals surface area (Å²) in [6.45, 7) is 4.02. The molecule has 1 aliphatic heterocycles. The molecule has 0 saturated carbocycles. The molecule has 0 spiro atoms. The summed E-state index contributed by atoms with van der Waals surface area (Å²) in [5, 5.41) is 14.7. The highest BCUT2D eigenvalue weighted by molar-refractivity contribution is 7.20. The number of amides is 1. The van der Waals surface area contributed by atoms with Gasteiger partial charge in [-0.15, -0.1) is 11.3 Å². The van der Waals surface area contributed by atoms with Gasteiger partial charge in [0.05, 0.1) is 10.6 Å². The van der Waals surface area contributed by atoms with Crippen LogP contribution < -0.4 is 0 Å². The number of aliphatic carboxylic acids is 1. The number of hydrogen-bond acceptors (Lipinski definition) is 4. The molecule has 0 aromatic carbocycles. The lowest BCUT2D eigenvalue weighted by atomic mass is 9.99. The second kappa shape index (κ2) is 4.56. The minimum Gasteiger partial charge on any atom is -0.480 e. The smallest absolute Gasteiger partial charge is 0.329 e. The first-order chi connectivity index (χ1) is 9.84. The number of nitrogens with zero attached hydrogens (tertiary/aromatic N) is 3. The lowest BCUT2D eigenvalue weighted by Gasteiger charge is -2.30. The van der Waals surface area contributed by atoms with Crippen molar-refractivity contribution >= 4 is 33.4 Å². The van der Waals surface area contributed by atoms with E-state index >= 15 is 0 Å². The molecule has 0 bridgehead atoms. The minimum atomic E-state index is -1.10. The van der Waals surface area contributed by atoms with Gasteiger partial charge < -0.3 is 10.0 Å². The van der Waals surface area contributed by atoms with E-state index in [1.165, 1.54) is 16.2 Å². The number of thiophene rings is 1. The van der Waals surface area contributed by atoms with E-state index in [9.17, 15) is 14.7 Å². The van der Waals surface area contributed by atoms with Crippen molar-refractivity contribution in [3.05, 3.63) is 16.6 Å². The number of likely N-dealkylation sites (tertiary alicyclic amines) is 1. The van der Waals surface area contributed by atoms with Crippen molar-refractivity contribution in [3.8, 4) is 0 Å². The van der Waals surface area contributed by atoms with Crippen LogP contribution in [-0.2, 0) is 11.8 Å². The highest BCUT2D eigenvalue weighted by atomic mass is 32.1. The molecule has 1 atom stereocenters. The van der Waals surface area contributed by atoms with E-state index < -0.39 is 11.5 Å². The van der Waals surface area contributed by atoms with Gasteiger partial charge >= 0.3 is 5.97 Å². The van der Waals surface area contributed by atoms with Gasteiger partial charge in [-0.3, -0.25) is 9.48 Å². The van der Waals surface area contributed by atoms with Gasteiger partial charge in [0, 0.05) is 19.0 Å². The third kappa shape index (κ3) is 1.95. The summed E-state index contributed by atoms with van der Waals surface area (Å²) in [7, 11) is 1.84. The largest absolute Gasteiger partial charge is 0.480 e. The van der Waals surface area contributed by atoms with Crippen LogP contribution in [0.3, 0.4) is 0 Å². The molecule has 21 heavy (non-hydrogen) atoms. The fraction of sp³-hybridized carbons (Fsp3) is 0.500. The van der Waals surface area contributed by atoms with E-state index in [0.717, 1.165) is 22.3 Å². The zero-order valence-corrected chi connectivity index (χ0v) is 13.0. The van der Waals surface area contributed by atoms with Crippen molar-refractivity contribution < 1.29 is 14.7 Å². The number of hydrogen-bond donors (Lipinski definition) is 1. The first kappa shape index (κ1) is 14.1. The summed E-state index contributed by atoms with van der Waals surface area (Å²) in [6, 6.07) is 1.82. The quantitative estimate of drug-likeness (QED) is 0.921. The minimum absolute atomic E-state index is 0.196. The van der Waals surface area contributed by atoms with Crippen LogP contribution in [0.2, 0.25) is 0 Å². The van der Waals surface area contributed by atoms with Gasteiger partial charge in [0.2, 0.25) is 0 Å². The zero-order chi connectivity index (χ0) is 15.4. The number of carbonyl (C=O) groups is 2. The maximum atomic E-state index is 12.7. The topological polar surface area (TPSA) is 75.4 Å². The normalized spacial score (nSPS) is 22.1.